The highest BCUT2D eigenvalue weighted by Gasteiger charge is 2.38. The maximum atomic E-state index is 12.8. The standard InChI is InChI=1S/C20H29N5O.C2HF3O2/c1-13(2)18-9-5-7-14(3)19(18)22-20(26)15(4)25-12-17(23-24-25)11-16-8-6-10-21-16;3-2(4,5)1(6)7/h5,7,9,12-13,15-16,21H,6,8,10-11H2,1-4H3,(H,22,26);(H,6,7). The number of nitrogens with zero attached hydrogens (tertiary/aromatic N) is 3. The Morgan fingerprint density at radius 1 is 1.30 bits per heavy atom. The molecule has 182 valence electrons. The molecule has 2 heterocycles. The Kier molecular flexibility index (Phi) is 8.98. The van der Waals surface area contributed by atoms with Crippen molar-refractivity contribution in [3.05, 3.63) is 41.2 Å². The summed E-state index contributed by atoms with van der Waals surface area (Å²) in [6.07, 6.45) is 0.0650. The molecule has 1 saturated heterocycles. The zero-order valence-electron chi connectivity index (χ0n) is 19.1. The van der Waals surface area contributed by atoms with Gasteiger partial charge < -0.3 is 15.7 Å². The molecule has 0 radical (unpaired) electrons. The lowest BCUT2D eigenvalue weighted by molar-refractivity contribution is -0.192. The van der Waals surface area contributed by atoms with E-state index in [4.69, 9.17) is 9.90 Å². The second-order valence-electron chi connectivity index (χ2n) is 8.35. The predicted molar refractivity (Wildman–Crippen MR) is 117 cm³/mol. The van der Waals surface area contributed by atoms with Gasteiger partial charge in [0, 0.05) is 24.3 Å². The molecule has 2 aromatic rings. The number of carboxylic acid groups (broad SMARTS) is 1. The molecule has 0 spiro atoms. The summed E-state index contributed by atoms with van der Waals surface area (Å²) in [5.74, 6) is -2.48. The van der Waals surface area contributed by atoms with E-state index in [-0.39, 0.29) is 5.91 Å². The van der Waals surface area contributed by atoms with Crippen molar-refractivity contribution in [2.75, 3.05) is 11.9 Å². The maximum absolute atomic E-state index is 12.8. The average molecular weight is 470 g/mol. The Morgan fingerprint density at radius 2 is 1.97 bits per heavy atom. The van der Waals surface area contributed by atoms with E-state index >= 15 is 0 Å². The van der Waals surface area contributed by atoms with Crippen molar-refractivity contribution in [1.29, 1.82) is 0 Å². The number of amides is 1. The number of nitrogens with one attached hydrogen (secondary N) is 2. The number of hydrogen-bond donors (Lipinski definition) is 3. The quantitative estimate of drug-likeness (QED) is 0.593. The number of aryl methyl sites for hydroxylation is 1. The molecule has 1 aromatic carbocycles. The number of carbonyl (C=O) groups is 2. The van der Waals surface area contributed by atoms with Gasteiger partial charge in [0.25, 0.3) is 0 Å². The molecule has 3 rings (SSSR count). The van der Waals surface area contributed by atoms with Gasteiger partial charge in [-0.25, -0.2) is 9.48 Å². The summed E-state index contributed by atoms with van der Waals surface area (Å²) in [5, 5.41) is 22.1. The fourth-order valence-corrected chi connectivity index (χ4v) is 3.47. The number of benzene rings is 1. The molecule has 3 N–H and O–H groups in total. The molecule has 0 aliphatic carbocycles. The van der Waals surface area contributed by atoms with Crippen LogP contribution in [0.25, 0.3) is 0 Å². The van der Waals surface area contributed by atoms with Crippen LogP contribution in [0.2, 0.25) is 0 Å². The van der Waals surface area contributed by atoms with Gasteiger partial charge in [-0.05, 0) is 50.3 Å². The first-order valence-corrected chi connectivity index (χ1v) is 10.7. The molecule has 2 atom stereocenters. The molecule has 1 aromatic heterocycles. The van der Waals surface area contributed by atoms with Crippen LogP contribution in [0.15, 0.2) is 24.4 Å². The summed E-state index contributed by atoms with van der Waals surface area (Å²) in [4.78, 5) is 21.7. The van der Waals surface area contributed by atoms with Gasteiger partial charge in [-0.2, -0.15) is 13.2 Å². The highest BCUT2D eigenvalue weighted by Crippen LogP contribution is 2.28. The minimum absolute atomic E-state index is 0.0726. The second-order valence-corrected chi connectivity index (χ2v) is 8.35. The van der Waals surface area contributed by atoms with Gasteiger partial charge in [0.2, 0.25) is 5.91 Å². The van der Waals surface area contributed by atoms with E-state index in [0.717, 1.165) is 35.5 Å². The van der Waals surface area contributed by atoms with Crippen molar-refractivity contribution in [3.8, 4) is 0 Å². The van der Waals surface area contributed by atoms with Crippen LogP contribution in [-0.2, 0) is 16.0 Å². The molecule has 2 unspecified atom stereocenters. The molecular formula is C22H30F3N5O3. The number of carbonyl (C=O) groups excluding carboxylic acids is 1. The number of aliphatic carboxylic acids is 1. The third kappa shape index (κ3) is 7.55. The molecule has 11 heteroatoms. The van der Waals surface area contributed by atoms with Crippen LogP contribution in [-0.4, -0.2) is 50.7 Å². The van der Waals surface area contributed by atoms with Crippen molar-refractivity contribution < 1.29 is 27.9 Å². The molecule has 1 aliphatic rings. The maximum Gasteiger partial charge on any atom is 0.490 e. The number of halogens is 3. The number of anilines is 1. The lowest BCUT2D eigenvalue weighted by Crippen LogP contribution is -2.25. The fourth-order valence-electron chi connectivity index (χ4n) is 3.47. The molecule has 1 aliphatic heterocycles. The fraction of sp³-hybridized carbons (Fsp3) is 0.545. The van der Waals surface area contributed by atoms with Crippen molar-refractivity contribution >= 4 is 17.6 Å². The van der Waals surface area contributed by atoms with Crippen LogP contribution in [0, 0.1) is 6.92 Å². The Hall–Kier alpha value is -2.95. The molecule has 8 nitrogen and oxygen atoms in total. The van der Waals surface area contributed by atoms with Crippen LogP contribution in [0.5, 0.6) is 0 Å². The highest BCUT2D eigenvalue weighted by atomic mass is 19.4. The summed E-state index contributed by atoms with van der Waals surface area (Å²) in [6, 6.07) is 6.19. The van der Waals surface area contributed by atoms with E-state index in [1.54, 1.807) is 4.68 Å². The minimum Gasteiger partial charge on any atom is -0.475 e. The van der Waals surface area contributed by atoms with E-state index in [1.807, 2.05) is 32.2 Å². The Morgan fingerprint density at radius 3 is 2.52 bits per heavy atom. The van der Waals surface area contributed by atoms with E-state index in [0.29, 0.717) is 12.0 Å². The zero-order valence-corrected chi connectivity index (χ0v) is 19.1. The van der Waals surface area contributed by atoms with Crippen LogP contribution >= 0.6 is 0 Å². The van der Waals surface area contributed by atoms with Crippen LogP contribution < -0.4 is 10.6 Å². The first-order valence-electron chi connectivity index (χ1n) is 10.7. The van der Waals surface area contributed by atoms with E-state index < -0.39 is 18.2 Å². The highest BCUT2D eigenvalue weighted by molar-refractivity contribution is 5.95. The largest absolute Gasteiger partial charge is 0.490 e. The SMILES string of the molecule is Cc1cccc(C(C)C)c1NC(=O)C(C)n1cc(CC2CCCN2)nn1.O=C(O)C(F)(F)F. The normalized spacial score (nSPS) is 16.8. The second kappa shape index (κ2) is 11.3. The van der Waals surface area contributed by atoms with Gasteiger partial charge in [0.1, 0.15) is 6.04 Å². The van der Waals surface area contributed by atoms with Gasteiger partial charge in [-0.15, -0.1) is 5.10 Å². The number of alkyl halides is 3. The van der Waals surface area contributed by atoms with Crippen molar-refractivity contribution in [1.82, 2.24) is 20.3 Å². The number of aromatic nitrogens is 3. The van der Waals surface area contributed by atoms with E-state index in [1.165, 1.54) is 12.8 Å². The number of para-hydroxylation sites is 1. The first kappa shape index (κ1) is 26.3. The third-order valence-corrected chi connectivity index (χ3v) is 5.37. The smallest absolute Gasteiger partial charge is 0.475 e. The number of hydrogen-bond acceptors (Lipinski definition) is 5. The van der Waals surface area contributed by atoms with E-state index in [9.17, 15) is 18.0 Å². The van der Waals surface area contributed by atoms with Gasteiger partial charge in [0.05, 0.1) is 5.69 Å². The summed E-state index contributed by atoms with van der Waals surface area (Å²) in [7, 11) is 0. The zero-order chi connectivity index (χ0) is 24.8. The van der Waals surface area contributed by atoms with Crippen LogP contribution in [0.3, 0.4) is 0 Å². The van der Waals surface area contributed by atoms with Crippen molar-refractivity contribution in [2.24, 2.45) is 0 Å². The van der Waals surface area contributed by atoms with Crippen molar-refractivity contribution in [2.45, 2.75) is 71.1 Å². The minimum atomic E-state index is -5.08. The van der Waals surface area contributed by atoms with Crippen LogP contribution in [0.1, 0.15) is 62.4 Å². The third-order valence-electron chi connectivity index (χ3n) is 5.37. The summed E-state index contributed by atoms with van der Waals surface area (Å²) < 4.78 is 33.4. The van der Waals surface area contributed by atoms with E-state index in [2.05, 4.69) is 40.9 Å². The molecule has 1 amide bonds. The van der Waals surface area contributed by atoms with Gasteiger partial charge >= 0.3 is 12.1 Å². The van der Waals surface area contributed by atoms with Crippen LogP contribution in [0.4, 0.5) is 18.9 Å². The van der Waals surface area contributed by atoms with Gasteiger partial charge in [-0.3, -0.25) is 4.79 Å². The molecular weight excluding hydrogens is 439 g/mol. The lowest BCUT2D eigenvalue weighted by Gasteiger charge is -2.18. The molecule has 0 bridgehead atoms. The first-order chi connectivity index (χ1) is 15.4. The average Bonchev–Trinajstić information content (AvgIpc) is 3.41. The summed E-state index contributed by atoms with van der Waals surface area (Å²) in [5.41, 5.74) is 4.07. The number of rotatable bonds is 6. The Bertz CT molecular complexity index is 953. The summed E-state index contributed by atoms with van der Waals surface area (Å²) >= 11 is 0. The number of carboxylic acids is 1. The molecule has 1 fully saturated rings. The Labute approximate surface area is 190 Å². The van der Waals surface area contributed by atoms with Crippen molar-refractivity contribution in [3.63, 3.8) is 0 Å². The molecule has 0 saturated carbocycles. The summed E-state index contributed by atoms with van der Waals surface area (Å²) in [6.45, 7) is 9.22. The topological polar surface area (TPSA) is 109 Å². The van der Waals surface area contributed by atoms with Gasteiger partial charge in [0.15, 0.2) is 0 Å². The van der Waals surface area contributed by atoms with Gasteiger partial charge in [-0.1, -0.05) is 37.3 Å². The predicted octanol–water partition coefficient (Wildman–Crippen LogP) is 3.84. The monoisotopic (exact) mass is 469 g/mol. The Balaban J connectivity index is 0.000000479. The molecule has 33 heavy (non-hydrogen) atoms. The lowest BCUT2D eigenvalue weighted by atomic mass is 9.98.